The van der Waals surface area contributed by atoms with E-state index in [4.69, 9.17) is 11.6 Å². The molecule has 2 aromatic carbocycles. The van der Waals surface area contributed by atoms with Crippen LogP contribution in [0.3, 0.4) is 0 Å². The van der Waals surface area contributed by atoms with Crippen LogP contribution in [0.1, 0.15) is 50.8 Å². The minimum atomic E-state index is -0.550. The molecule has 2 amide bonds. The summed E-state index contributed by atoms with van der Waals surface area (Å²) in [4.78, 5) is 26.8. The Morgan fingerprint density at radius 2 is 1.55 bits per heavy atom. The van der Waals surface area contributed by atoms with Gasteiger partial charge in [0.15, 0.2) is 0 Å². The number of halogens is 1. The van der Waals surface area contributed by atoms with Gasteiger partial charge in [-0.1, -0.05) is 68.8 Å². The van der Waals surface area contributed by atoms with Gasteiger partial charge in [-0.2, -0.15) is 0 Å². The van der Waals surface area contributed by atoms with E-state index in [1.165, 1.54) is 5.56 Å². The molecule has 0 saturated carbocycles. The average Bonchev–Trinajstić information content (AvgIpc) is 2.70. The van der Waals surface area contributed by atoms with Gasteiger partial charge in [-0.15, -0.1) is 0 Å². The molecule has 0 aromatic heterocycles. The lowest BCUT2D eigenvalue weighted by atomic mass is 9.86. The van der Waals surface area contributed by atoms with Crippen LogP contribution >= 0.6 is 11.6 Å². The second-order valence-electron chi connectivity index (χ2n) is 8.39. The number of aryl methyl sites for hydroxylation is 1. The lowest BCUT2D eigenvalue weighted by molar-refractivity contribution is -0.140. The van der Waals surface area contributed by atoms with Crippen molar-refractivity contribution in [3.63, 3.8) is 0 Å². The second-order valence-corrected chi connectivity index (χ2v) is 8.82. The van der Waals surface area contributed by atoms with Crippen LogP contribution in [0.2, 0.25) is 5.02 Å². The molecule has 29 heavy (non-hydrogen) atoms. The number of hydrogen-bond acceptors (Lipinski definition) is 2. The van der Waals surface area contributed by atoms with Crippen LogP contribution in [0, 0.1) is 0 Å². The van der Waals surface area contributed by atoms with E-state index in [9.17, 15) is 9.59 Å². The van der Waals surface area contributed by atoms with Crippen LogP contribution in [0.25, 0.3) is 0 Å². The van der Waals surface area contributed by atoms with Crippen LogP contribution in [-0.2, 0) is 28.0 Å². The van der Waals surface area contributed by atoms with Crippen LogP contribution < -0.4 is 5.32 Å². The van der Waals surface area contributed by atoms with Crippen molar-refractivity contribution in [2.45, 2.75) is 58.5 Å². The second kappa shape index (κ2) is 9.93. The third kappa shape index (κ3) is 6.60. The van der Waals surface area contributed by atoms with E-state index in [1.807, 2.05) is 12.1 Å². The Hall–Kier alpha value is -2.33. The van der Waals surface area contributed by atoms with Crippen molar-refractivity contribution >= 4 is 23.4 Å². The normalized spacial score (nSPS) is 12.3. The van der Waals surface area contributed by atoms with Crippen molar-refractivity contribution < 1.29 is 9.59 Å². The Balaban J connectivity index is 2.10. The van der Waals surface area contributed by atoms with Crippen LogP contribution in [-0.4, -0.2) is 29.8 Å². The molecule has 0 saturated heterocycles. The van der Waals surface area contributed by atoms with Crippen molar-refractivity contribution in [1.82, 2.24) is 10.2 Å². The van der Waals surface area contributed by atoms with Gasteiger partial charge < -0.3 is 10.2 Å². The van der Waals surface area contributed by atoms with Gasteiger partial charge in [-0.25, -0.2) is 0 Å². The number of nitrogens with zero attached hydrogens (tertiary/aromatic N) is 1. The maximum absolute atomic E-state index is 13.0. The first kappa shape index (κ1) is 23.0. The summed E-state index contributed by atoms with van der Waals surface area (Å²) in [5.74, 6) is -0.224. The monoisotopic (exact) mass is 414 g/mol. The van der Waals surface area contributed by atoms with E-state index in [0.29, 0.717) is 24.4 Å². The highest BCUT2D eigenvalue weighted by Gasteiger charge is 2.25. The summed E-state index contributed by atoms with van der Waals surface area (Å²) in [5.41, 5.74) is 3.43. The molecule has 0 radical (unpaired) electrons. The fraction of sp³-hybridized carbons (Fsp3) is 0.417. The molecule has 156 valence electrons. The molecule has 1 atom stereocenters. The Morgan fingerprint density at radius 3 is 2.07 bits per heavy atom. The smallest absolute Gasteiger partial charge is 0.242 e. The number of carbonyl (C=O) groups is 2. The van der Waals surface area contributed by atoms with Crippen LogP contribution in [0.5, 0.6) is 0 Å². The van der Waals surface area contributed by atoms with Crippen molar-refractivity contribution in [2.75, 3.05) is 7.05 Å². The Morgan fingerprint density at radius 1 is 1.00 bits per heavy atom. The lowest BCUT2D eigenvalue weighted by Gasteiger charge is -2.28. The number of benzene rings is 2. The van der Waals surface area contributed by atoms with Crippen molar-refractivity contribution in [3.8, 4) is 0 Å². The quantitative estimate of drug-likeness (QED) is 0.711. The molecule has 1 N–H and O–H groups in total. The third-order valence-electron chi connectivity index (χ3n) is 5.13. The summed E-state index contributed by atoms with van der Waals surface area (Å²) < 4.78 is 0. The van der Waals surface area contributed by atoms with E-state index in [2.05, 4.69) is 50.4 Å². The SMILES string of the molecule is CNC(=O)[C@@H](C)N(Cc1ccc(Cl)cc1)C(=O)CCc1ccc(C(C)(C)C)cc1. The summed E-state index contributed by atoms with van der Waals surface area (Å²) in [5, 5.41) is 3.28. The predicted octanol–water partition coefficient (Wildman–Crippen LogP) is 4.73. The molecule has 5 heteroatoms. The molecule has 2 rings (SSSR count). The number of likely N-dealkylation sites (N-methyl/N-ethyl adjacent to an activating group) is 1. The molecule has 2 aromatic rings. The van der Waals surface area contributed by atoms with Crippen molar-refractivity contribution in [2.24, 2.45) is 0 Å². The highest BCUT2D eigenvalue weighted by Crippen LogP contribution is 2.23. The number of amides is 2. The largest absolute Gasteiger partial charge is 0.357 e. The van der Waals surface area contributed by atoms with Gasteiger partial charge in [-0.05, 0) is 47.6 Å². The van der Waals surface area contributed by atoms with E-state index in [1.54, 1.807) is 31.0 Å². The van der Waals surface area contributed by atoms with Crippen LogP contribution in [0.15, 0.2) is 48.5 Å². The summed E-state index contributed by atoms with van der Waals surface area (Å²) in [6.45, 7) is 8.67. The summed E-state index contributed by atoms with van der Waals surface area (Å²) >= 11 is 5.96. The molecule has 0 heterocycles. The summed E-state index contributed by atoms with van der Waals surface area (Å²) in [6.07, 6.45) is 0.991. The minimum absolute atomic E-state index is 0.0454. The van der Waals surface area contributed by atoms with Gasteiger partial charge in [0.1, 0.15) is 6.04 Å². The molecular formula is C24H31ClN2O2. The minimum Gasteiger partial charge on any atom is -0.357 e. The van der Waals surface area contributed by atoms with E-state index in [0.717, 1.165) is 11.1 Å². The first-order valence-corrected chi connectivity index (χ1v) is 10.3. The third-order valence-corrected chi connectivity index (χ3v) is 5.38. The summed E-state index contributed by atoms with van der Waals surface area (Å²) in [6, 6.07) is 15.2. The maximum atomic E-state index is 13.0. The van der Waals surface area contributed by atoms with Crippen LogP contribution in [0.4, 0.5) is 0 Å². The number of hydrogen-bond donors (Lipinski definition) is 1. The molecule has 0 bridgehead atoms. The fourth-order valence-corrected chi connectivity index (χ4v) is 3.27. The maximum Gasteiger partial charge on any atom is 0.242 e. The molecule has 0 aliphatic heterocycles. The highest BCUT2D eigenvalue weighted by atomic mass is 35.5. The zero-order valence-corrected chi connectivity index (χ0v) is 18.7. The zero-order valence-electron chi connectivity index (χ0n) is 18.0. The fourth-order valence-electron chi connectivity index (χ4n) is 3.14. The Bertz CT molecular complexity index is 823. The van der Waals surface area contributed by atoms with Gasteiger partial charge in [0, 0.05) is 25.0 Å². The van der Waals surface area contributed by atoms with E-state index >= 15 is 0 Å². The first-order chi connectivity index (χ1) is 13.6. The molecule has 0 aliphatic rings. The molecule has 0 aliphatic carbocycles. The van der Waals surface area contributed by atoms with Crippen molar-refractivity contribution in [1.29, 1.82) is 0 Å². The van der Waals surface area contributed by atoms with E-state index in [-0.39, 0.29) is 17.2 Å². The van der Waals surface area contributed by atoms with Gasteiger partial charge in [-0.3, -0.25) is 9.59 Å². The predicted molar refractivity (Wildman–Crippen MR) is 119 cm³/mol. The van der Waals surface area contributed by atoms with Gasteiger partial charge >= 0.3 is 0 Å². The average molecular weight is 415 g/mol. The molecule has 0 unspecified atom stereocenters. The van der Waals surface area contributed by atoms with Gasteiger partial charge in [0.05, 0.1) is 0 Å². The van der Waals surface area contributed by atoms with Crippen molar-refractivity contribution in [3.05, 3.63) is 70.2 Å². The molecule has 0 fully saturated rings. The zero-order chi connectivity index (χ0) is 21.6. The molecular weight excluding hydrogens is 384 g/mol. The van der Waals surface area contributed by atoms with Gasteiger partial charge in [0.2, 0.25) is 11.8 Å². The van der Waals surface area contributed by atoms with E-state index < -0.39 is 6.04 Å². The topological polar surface area (TPSA) is 49.4 Å². The summed E-state index contributed by atoms with van der Waals surface area (Å²) in [7, 11) is 1.58. The standard InChI is InChI=1S/C24H31ClN2O2/c1-17(23(29)26-5)27(16-19-8-13-21(25)14-9-19)22(28)15-10-18-6-11-20(12-7-18)24(2,3)4/h6-9,11-14,17H,10,15-16H2,1-5H3,(H,26,29)/t17-/m1/s1. The first-order valence-electron chi connectivity index (χ1n) is 9.96. The lowest BCUT2D eigenvalue weighted by Crippen LogP contribution is -2.46. The molecule has 4 nitrogen and oxygen atoms in total. The van der Waals surface area contributed by atoms with Gasteiger partial charge in [0.25, 0.3) is 0 Å². The number of rotatable bonds is 7. The molecule has 0 spiro atoms. The Labute approximate surface area is 179 Å². The highest BCUT2D eigenvalue weighted by molar-refractivity contribution is 6.30. The Kier molecular flexibility index (Phi) is 7.86. The number of carbonyl (C=O) groups excluding carboxylic acids is 2. The number of nitrogens with one attached hydrogen (secondary N) is 1.